The smallest absolute Gasteiger partial charge is 0.146 e. The number of rotatable bonds is 3. The Balaban J connectivity index is 1.53. The number of aromatic nitrogens is 4. The van der Waals surface area contributed by atoms with Crippen LogP contribution in [0.1, 0.15) is 12.8 Å². The van der Waals surface area contributed by atoms with E-state index in [4.69, 9.17) is 4.98 Å². The molecule has 5 heterocycles. The van der Waals surface area contributed by atoms with E-state index in [1.807, 2.05) is 10.6 Å². The number of anilines is 1. The number of hydrogen-bond donors (Lipinski definition) is 1. The van der Waals surface area contributed by atoms with Crippen LogP contribution in [0.25, 0.3) is 28.2 Å². The number of fused-ring (bicyclic) bond motifs is 4. The summed E-state index contributed by atoms with van der Waals surface area (Å²) in [6.45, 7) is 2.07. The zero-order chi connectivity index (χ0) is 20.1. The number of benzene rings is 2. The van der Waals surface area contributed by atoms with E-state index >= 15 is 0 Å². The summed E-state index contributed by atoms with van der Waals surface area (Å²) in [6.07, 6.45) is 5.73. The van der Waals surface area contributed by atoms with Crippen molar-refractivity contribution in [2.45, 2.75) is 24.9 Å². The fraction of sp³-hybridized carbons (Fsp3) is 0.261. The third kappa shape index (κ3) is 2.85. The van der Waals surface area contributed by atoms with E-state index in [1.165, 1.54) is 37.0 Å². The van der Waals surface area contributed by atoms with E-state index in [-0.39, 0.29) is 5.82 Å². The van der Waals surface area contributed by atoms with Gasteiger partial charge in [0.1, 0.15) is 23.8 Å². The predicted molar refractivity (Wildman–Crippen MR) is 114 cm³/mol. The number of nitrogens with zero attached hydrogens (tertiary/aromatic N) is 5. The second-order valence-corrected chi connectivity index (χ2v) is 8.01. The van der Waals surface area contributed by atoms with Crippen LogP contribution in [0, 0.1) is 5.82 Å². The van der Waals surface area contributed by atoms with Crippen LogP contribution in [0.2, 0.25) is 0 Å². The number of halogens is 1. The molecule has 2 aromatic carbocycles. The molecule has 3 fully saturated rings. The van der Waals surface area contributed by atoms with Gasteiger partial charge in [0.05, 0.1) is 11.0 Å². The predicted octanol–water partition coefficient (Wildman–Crippen LogP) is 3.56. The molecule has 6 nitrogen and oxygen atoms in total. The molecule has 30 heavy (non-hydrogen) atoms. The Hall–Kier alpha value is -3.32. The van der Waals surface area contributed by atoms with E-state index < -0.39 is 0 Å². The summed E-state index contributed by atoms with van der Waals surface area (Å²) in [6, 6.07) is 15.8. The van der Waals surface area contributed by atoms with Gasteiger partial charge in [-0.1, -0.05) is 0 Å². The lowest BCUT2D eigenvalue weighted by molar-refractivity contribution is 0.290. The Morgan fingerprint density at radius 1 is 1.03 bits per heavy atom. The van der Waals surface area contributed by atoms with Gasteiger partial charge < -0.3 is 10.2 Å². The number of imidazole rings is 1. The minimum atomic E-state index is -0.264. The summed E-state index contributed by atoms with van der Waals surface area (Å²) >= 11 is 0. The van der Waals surface area contributed by atoms with Crippen molar-refractivity contribution in [3.05, 3.63) is 66.9 Å². The summed E-state index contributed by atoms with van der Waals surface area (Å²) in [5, 5.41) is 3.62. The number of nitrogens with one attached hydrogen (secondary N) is 1. The minimum Gasteiger partial charge on any atom is -0.366 e. The van der Waals surface area contributed by atoms with Gasteiger partial charge in [0.15, 0.2) is 0 Å². The van der Waals surface area contributed by atoms with Crippen molar-refractivity contribution in [3.8, 4) is 17.2 Å². The highest BCUT2D eigenvalue weighted by Crippen LogP contribution is 2.33. The second kappa shape index (κ2) is 6.88. The first-order valence-corrected chi connectivity index (χ1v) is 10.3. The molecule has 7 rings (SSSR count). The molecule has 4 aromatic rings. The van der Waals surface area contributed by atoms with Crippen LogP contribution in [0.15, 0.2) is 61.1 Å². The molecule has 3 aliphatic rings. The highest BCUT2D eigenvalue weighted by atomic mass is 19.1. The normalized spacial score (nSPS) is 20.8. The molecule has 3 aliphatic heterocycles. The molecule has 3 saturated heterocycles. The fourth-order valence-electron chi connectivity index (χ4n) is 4.71. The Kier molecular flexibility index (Phi) is 4.02. The summed E-state index contributed by atoms with van der Waals surface area (Å²) in [5.41, 5.74) is 3.92. The summed E-state index contributed by atoms with van der Waals surface area (Å²) in [5.74, 6) is 1.22. The van der Waals surface area contributed by atoms with Crippen LogP contribution in [0.3, 0.4) is 0 Å². The van der Waals surface area contributed by atoms with Crippen LogP contribution in [0.4, 0.5) is 10.1 Å². The topological polar surface area (TPSA) is 58.9 Å². The summed E-state index contributed by atoms with van der Waals surface area (Å²) in [7, 11) is 0. The van der Waals surface area contributed by atoms with Crippen molar-refractivity contribution in [2.75, 3.05) is 18.0 Å². The van der Waals surface area contributed by atoms with Gasteiger partial charge in [0, 0.05) is 42.6 Å². The fourth-order valence-corrected chi connectivity index (χ4v) is 4.71. The Morgan fingerprint density at radius 2 is 1.93 bits per heavy atom. The molecular formula is C23H21FN6. The van der Waals surface area contributed by atoms with Crippen LogP contribution in [-0.2, 0) is 0 Å². The van der Waals surface area contributed by atoms with E-state index in [0.29, 0.717) is 12.1 Å². The van der Waals surface area contributed by atoms with E-state index in [0.717, 1.165) is 41.3 Å². The maximum absolute atomic E-state index is 13.5. The third-order valence-electron chi connectivity index (χ3n) is 6.22. The first-order valence-electron chi connectivity index (χ1n) is 10.3. The second-order valence-electron chi connectivity index (χ2n) is 8.01. The van der Waals surface area contributed by atoms with Gasteiger partial charge in [-0.3, -0.25) is 4.57 Å². The zero-order valence-corrected chi connectivity index (χ0v) is 16.4. The van der Waals surface area contributed by atoms with Gasteiger partial charge >= 0.3 is 0 Å². The molecule has 0 aliphatic carbocycles. The average molecular weight is 400 g/mol. The number of piperidine rings is 2. The largest absolute Gasteiger partial charge is 0.366 e. The maximum Gasteiger partial charge on any atom is 0.146 e. The number of piperazine rings is 1. The van der Waals surface area contributed by atoms with Crippen molar-refractivity contribution in [1.29, 1.82) is 0 Å². The molecule has 150 valence electrons. The van der Waals surface area contributed by atoms with Gasteiger partial charge in [-0.05, 0) is 61.4 Å². The number of hydrogen-bond acceptors (Lipinski definition) is 5. The van der Waals surface area contributed by atoms with Gasteiger partial charge in [-0.2, -0.15) is 0 Å². The molecule has 0 saturated carbocycles. The summed E-state index contributed by atoms with van der Waals surface area (Å²) in [4.78, 5) is 15.9. The molecule has 0 spiro atoms. The molecule has 2 aromatic heterocycles. The van der Waals surface area contributed by atoms with Gasteiger partial charge in [-0.25, -0.2) is 19.3 Å². The van der Waals surface area contributed by atoms with Crippen molar-refractivity contribution < 1.29 is 4.39 Å². The lowest BCUT2D eigenvalue weighted by Gasteiger charge is -2.47. The van der Waals surface area contributed by atoms with E-state index in [1.54, 1.807) is 18.3 Å². The van der Waals surface area contributed by atoms with Crippen molar-refractivity contribution in [1.82, 2.24) is 24.8 Å². The molecule has 1 N–H and O–H groups in total. The summed E-state index contributed by atoms with van der Waals surface area (Å²) < 4.78 is 15.5. The maximum atomic E-state index is 13.5. The average Bonchev–Trinajstić information content (AvgIpc) is 3.19. The minimum absolute atomic E-state index is 0.264. The SMILES string of the molecule is Fc1ccc(-c2nc3ccc(N4C[C@H]5CC[C@@H]4CN5)cc3n2-c2ccncn2)cc1. The quantitative estimate of drug-likeness (QED) is 0.570. The van der Waals surface area contributed by atoms with E-state index in [9.17, 15) is 4.39 Å². The molecular weight excluding hydrogens is 379 g/mol. The van der Waals surface area contributed by atoms with Crippen LogP contribution >= 0.6 is 0 Å². The molecule has 2 atom stereocenters. The third-order valence-corrected chi connectivity index (χ3v) is 6.22. The molecule has 2 bridgehead atoms. The highest BCUT2D eigenvalue weighted by molar-refractivity contribution is 5.86. The van der Waals surface area contributed by atoms with Crippen LogP contribution in [-0.4, -0.2) is 44.7 Å². The highest BCUT2D eigenvalue weighted by Gasteiger charge is 2.33. The van der Waals surface area contributed by atoms with Crippen LogP contribution in [0.5, 0.6) is 0 Å². The zero-order valence-electron chi connectivity index (χ0n) is 16.4. The van der Waals surface area contributed by atoms with Crippen molar-refractivity contribution >= 4 is 16.7 Å². The monoisotopic (exact) mass is 400 g/mol. The molecule has 0 unspecified atom stereocenters. The van der Waals surface area contributed by atoms with Crippen LogP contribution < -0.4 is 10.2 Å². The molecule has 7 heteroatoms. The van der Waals surface area contributed by atoms with Gasteiger partial charge in [0.25, 0.3) is 0 Å². The lowest BCUT2D eigenvalue weighted by Crippen LogP contribution is -2.61. The molecule has 0 amide bonds. The standard InChI is InChI=1S/C23H21FN6/c24-16-3-1-15(2-4-16)23-28-20-8-7-18(29-13-17-5-6-19(29)12-26-17)11-21(20)30(23)22-9-10-25-14-27-22/h1-4,7-11,14,17,19,26H,5-6,12-13H2/t17-,19-/m1/s1. The first kappa shape index (κ1) is 17.5. The Labute approximate surface area is 173 Å². The Bertz CT molecular complexity index is 1200. The first-order chi connectivity index (χ1) is 14.8. The lowest BCUT2D eigenvalue weighted by atomic mass is 9.92. The van der Waals surface area contributed by atoms with Crippen molar-refractivity contribution in [2.24, 2.45) is 0 Å². The van der Waals surface area contributed by atoms with Gasteiger partial charge in [0.2, 0.25) is 0 Å². The van der Waals surface area contributed by atoms with Crippen molar-refractivity contribution in [3.63, 3.8) is 0 Å². The van der Waals surface area contributed by atoms with E-state index in [2.05, 4.69) is 38.4 Å². The molecule has 0 radical (unpaired) electrons. The van der Waals surface area contributed by atoms with Gasteiger partial charge in [-0.15, -0.1) is 0 Å². The Morgan fingerprint density at radius 3 is 2.63 bits per heavy atom.